The molecule has 1 aliphatic carbocycles. The monoisotopic (exact) mass is 277 g/mol. The average Bonchev–Trinajstić information content (AvgIpc) is 3.11. The molecule has 6 heteroatoms. The van der Waals surface area contributed by atoms with Gasteiger partial charge in [-0.2, -0.15) is 0 Å². The molecule has 0 saturated heterocycles. The predicted octanol–water partition coefficient (Wildman–Crippen LogP) is 2.21. The normalized spacial score (nSPS) is 15.3. The lowest BCUT2D eigenvalue weighted by Crippen LogP contribution is -2.26. The lowest BCUT2D eigenvalue weighted by Gasteiger charge is -2.19. The van der Waals surface area contributed by atoms with Crippen molar-refractivity contribution in [2.75, 3.05) is 18.5 Å². The Morgan fingerprint density at radius 2 is 2.32 bits per heavy atom. The second-order valence-electron chi connectivity index (χ2n) is 5.04. The van der Waals surface area contributed by atoms with E-state index in [0.717, 1.165) is 47.4 Å². The van der Waals surface area contributed by atoms with Gasteiger partial charge < -0.3 is 5.43 Å². The molecule has 3 rings (SSSR count). The molecule has 0 unspecified atom stereocenters. The van der Waals surface area contributed by atoms with E-state index >= 15 is 0 Å². The standard InChI is InChI=1S/C13H19N5S/c1-2-18(7-9-3-4-9)8-11-15-12(17-14)10-5-6-19-13(10)16-11/h5-6,9H,2-4,7-8,14H2,1H3,(H,15,16,17). The molecular weight excluding hydrogens is 258 g/mol. The van der Waals surface area contributed by atoms with Crippen molar-refractivity contribution >= 4 is 27.4 Å². The zero-order chi connectivity index (χ0) is 13.2. The number of hydrogen-bond donors (Lipinski definition) is 2. The molecule has 102 valence electrons. The molecule has 19 heavy (non-hydrogen) atoms. The van der Waals surface area contributed by atoms with Crippen LogP contribution in [0.5, 0.6) is 0 Å². The number of nitrogens with one attached hydrogen (secondary N) is 1. The molecule has 5 nitrogen and oxygen atoms in total. The van der Waals surface area contributed by atoms with E-state index in [4.69, 9.17) is 5.84 Å². The van der Waals surface area contributed by atoms with Crippen LogP contribution in [0.2, 0.25) is 0 Å². The molecule has 1 aliphatic rings. The molecule has 0 amide bonds. The van der Waals surface area contributed by atoms with Crippen LogP contribution < -0.4 is 11.3 Å². The van der Waals surface area contributed by atoms with Gasteiger partial charge in [0.2, 0.25) is 0 Å². The third-order valence-corrected chi connectivity index (χ3v) is 4.34. The smallest absolute Gasteiger partial charge is 0.152 e. The van der Waals surface area contributed by atoms with Crippen molar-refractivity contribution in [3.05, 3.63) is 17.3 Å². The van der Waals surface area contributed by atoms with Gasteiger partial charge in [0.25, 0.3) is 0 Å². The third kappa shape index (κ3) is 2.86. The SMILES string of the molecule is CCN(Cc1nc(NN)c2ccsc2n1)CC1CC1. The average molecular weight is 277 g/mol. The molecule has 0 aliphatic heterocycles. The van der Waals surface area contributed by atoms with E-state index in [9.17, 15) is 0 Å². The summed E-state index contributed by atoms with van der Waals surface area (Å²) in [6, 6.07) is 2.00. The number of nitrogen functional groups attached to an aromatic ring is 1. The summed E-state index contributed by atoms with van der Waals surface area (Å²) >= 11 is 1.63. The third-order valence-electron chi connectivity index (χ3n) is 3.53. The Labute approximate surface area is 116 Å². The first-order valence-electron chi connectivity index (χ1n) is 6.73. The van der Waals surface area contributed by atoms with Gasteiger partial charge >= 0.3 is 0 Å². The fraction of sp³-hybridized carbons (Fsp3) is 0.538. The van der Waals surface area contributed by atoms with Gasteiger partial charge in [-0.1, -0.05) is 6.92 Å². The van der Waals surface area contributed by atoms with Crippen molar-refractivity contribution in [3.8, 4) is 0 Å². The Balaban J connectivity index is 1.82. The van der Waals surface area contributed by atoms with Crippen molar-refractivity contribution < 1.29 is 0 Å². The Morgan fingerprint density at radius 3 is 3.00 bits per heavy atom. The Bertz CT molecular complexity index is 563. The summed E-state index contributed by atoms with van der Waals surface area (Å²) < 4.78 is 0. The highest BCUT2D eigenvalue weighted by Gasteiger charge is 2.24. The molecule has 3 N–H and O–H groups in total. The Morgan fingerprint density at radius 1 is 1.47 bits per heavy atom. The number of rotatable bonds is 6. The number of aromatic nitrogens is 2. The van der Waals surface area contributed by atoms with Gasteiger partial charge in [-0.15, -0.1) is 11.3 Å². The van der Waals surface area contributed by atoms with Crippen LogP contribution in [0, 0.1) is 5.92 Å². The minimum Gasteiger partial charge on any atom is -0.308 e. The van der Waals surface area contributed by atoms with Crippen molar-refractivity contribution in [1.29, 1.82) is 0 Å². The van der Waals surface area contributed by atoms with Crippen LogP contribution >= 0.6 is 11.3 Å². The van der Waals surface area contributed by atoms with Gasteiger partial charge in [0.1, 0.15) is 10.7 Å². The molecule has 0 spiro atoms. The molecule has 0 radical (unpaired) electrons. The van der Waals surface area contributed by atoms with E-state index in [-0.39, 0.29) is 0 Å². The first-order chi connectivity index (χ1) is 9.30. The van der Waals surface area contributed by atoms with Crippen molar-refractivity contribution in [1.82, 2.24) is 14.9 Å². The van der Waals surface area contributed by atoms with Crippen molar-refractivity contribution in [2.45, 2.75) is 26.3 Å². The summed E-state index contributed by atoms with van der Waals surface area (Å²) in [6.45, 7) is 5.19. The van der Waals surface area contributed by atoms with Crippen LogP contribution in [0.15, 0.2) is 11.4 Å². The van der Waals surface area contributed by atoms with Crippen LogP contribution in [0.4, 0.5) is 5.82 Å². The minimum absolute atomic E-state index is 0.726. The first kappa shape index (κ1) is 12.8. The summed E-state index contributed by atoms with van der Waals surface area (Å²) in [5.74, 6) is 8.01. The molecule has 1 saturated carbocycles. The topological polar surface area (TPSA) is 67.1 Å². The van der Waals surface area contributed by atoms with Gasteiger partial charge in [-0.3, -0.25) is 4.90 Å². The lowest BCUT2D eigenvalue weighted by molar-refractivity contribution is 0.262. The highest BCUT2D eigenvalue weighted by Crippen LogP contribution is 2.30. The number of thiophene rings is 1. The highest BCUT2D eigenvalue weighted by atomic mass is 32.1. The number of hydrogen-bond acceptors (Lipinski definition) is 6. The first-order valence-corrected chi connectivity index (χ1v) is 7.61. The molecule has 0 aromatic carbocycles. The summed E-state index contributed by atoms with van der Waals surface area (Å²) in [5, 5.41) is 3.02. The highest BCUT2D eigenvalue weighted by molar-refractivity contribution is 7.16. The number of fused-ring (bicyclic) bond motifs is 1. The van der Waals surface area contributed by atoms with Crippen molar-refractivity contribution in [3.63, 3.8) is 0 Å². The quantitative estimate of drug-likeness (QED) is 0.626. The van der Waals surface area contributed by atoms with Gasteiger partial charge in [-0.25, -0.2) is 15.8 Å². The molecular formula is C13H19N5S. The zero-order valence-corrected chi connectivity index (χ0v) is 11.9. The van der Waals surface area contributed by atoms with E-state index < -0.39 is 0 Å². The molecule has 2 aromatic rings. The summed E-state index contributed by atoms with van der Waals surface area (Å²) in [6.07, 6.45) is 2.74. The van der Waals surface area contributed by atoms with Gasteiger partial charge in [0, 0.05) is 6.54 Å². The molecule has 0 bridgehead atoms. The lowest BCUT2D eigenvalue weighted by atomic mass is 10.3. The minimum atomic E-state index is 0.726. The van der Waals surface area contributed by atoms with Crippen LogP contribution in [-0.4, -0.2) is 28.0 Å². The molecule has 2 aromatic heterocycles. The van der Waals surface area contributed by atoms with Gasteiger partial charge in [-0.05, 0) is 36.8 Å². The van der Waals surface area contributed by atoms with Crippen molar-refractivity contribution in [2.24, 2.45) is 11.8 Å². The molecule has 2 heterocycles. The van der Waals surface area contributed by atoms with E-state index in [1.54, 1.807) is 11.3 Å². The summed E-state index contributed by atoms with van der Waals surface area (Å²) in [5.41, 5.74) is 2.68. The predicted molar refractivity (Wildman–Crippen MR) is 78.9 cm³/mol. The Kier molecular flexibility index (Phi) is 3.63. The van der Waals surface area contributed by atoms with Crippen LogP contribution in [-0.2, 0) is 6.54 Å². The van der Waals surface area contributed by atoms with Crippen LogP contribution in [0.1, 0.15) is 25.6 Å². The summed E-state index contributed by atoms with van der Waals surface area (Å²) in [7, 11) is 0. The molecule has 1 fully saturated rings. The molecule has 0 atom stereocenters. The van der Waals surface area contributed by atoms with E-state index in [0.29, 0.717) is 0 Å². The van der Waals surface area contributed by atoms with E-state index in [2.05, 4.69) is 27.2 Å². The maximum atomic E-state index is 5.55. The Hall–Kier alpha value is -1.24. The second-order valence-corrected chi connectivity index (χ2v) is 5.94. The van der Waals surface area contributed by atoms with Crippen LogP contribution in [0.25, 0.3) is 10.2 Å². The van der Waals surface area contributed by atoms with Crippen LogP contribution in [0.3, 0.4) is 0 Å². The summed E-state index contributed by atoms with van der Waals surface area (Å²) in [4.78, 5) is 12.6. The largest absolute Gasteiger partial charge is 0.308 e. The number of hydrazine groups is 1. The van der Waals surface area contributed by atoms with Gasteiger partial charge in [0.05, 0.1) is 11.9 Å². The van der Waals surface area contributed by atoms with Gasteiger partial charge in [0.15, 0.2) is 5.82 Å². The maximum Gasteiger partial charge on any atom is 0.152 e. The fourth-order valence-electron chi connectivity index (χ4n) is 2.25. The maximum absolute atomic E-state index is 5.55. The van der Waals surface area contributed by atoms with E-state index in [1.165, 1.54) is 12.8 Å². The van der Waals surface area contributed by atoms with E-state index in [1.807, 2.05) is 11.4 Å². The number of anilines is 1. The fourth-order valence-corrected chi connectivity index (χ4v) is 3.03. The second kappa shape index (κ2) is 5.40. The number of nitrogens with zero attached hydrogens (tertiary/aromatic N) is 3. The number of nitrogens with two attached hydrogens (primary N) is 1. The zero-order valence-electron chi connectivity index (χ0n) is 11.1.